The maximum absolute atomic E-state index is 11.9. The zero-order chi connectivity index (χ0) is 14.2. The molecular formula is C12H13ClO5S. The molecule has 1 aliphatic heterocycles. The third-order valence-corrected chi connectivity index (χ3v) is 4.35. The van der Waals surface area contributed by atoms with Crippen LogP contribution < -0.4 is 0 Å². The molecule has 1 heterocycles. The quantitative estimate of drug-likeness (QED) is 0.629. The molecule has 5 nitrogen and oxygen atoms in total. The summed E-state index contributed by atoms with van der Waals surface area (Å²) in [5.74, 6) is -0.563. The van der Waals surface area contributed by atoms with Gasteiger partial charge in [0.25, 0.3) is 9.05 Å². The lowest BCUT2D eigenvalue weighted by atomic mass is 10.1. The molecule has 0 amide bonds. The topological polar surface area (TPSA) is 69.7 Å². The largest absolute Gasteiger partial charge is 0.454 e. The summed E-state index contributed by atoms with van der Waals surface area (Å²) in [4.78, 5) is 11.9. The highest BCUT2D eigenvalue weighted by Gasteiger charge is 2.25. The van der Waals surface area contributed by atoms with Gasteiger partial charge in [0, 0.05) is 10.7 Å². The summed E-state index contributed by atoms with van der Waals surface area (Å²) >= 11 is 0. The first-order valence-electron chi connectivity index (χ1n) is 5.63. The summed E-state index contributed by atoms with van der Waals surface area (Å²) in [6.45, 7) is 4.08. The van der Waals surface area contributed by atoms with Gasteiger partial charge in [0.15, 0.2) is 0 Å². The average Bonchev–Trinajstić information content (AvgIpc) is 2.21. The van der Waals surface area contributed by atoms with Crippen molar-refractivity contribution in [3.63, 3.8) is 0 Å². The molecule has 0 bridgehead atoms. The number of rotatable bonds is 3. The highest BCUT2D eigenvalue weighted by Crippen LogP contribution is 2.24. The first kappa shape index (κ1) is 14.3. The van der Waals surface area contributed by atoms with E-state index in [9.17, 15) is 13.2 Å². The molecule has 0 unspecified atom stereocenters. The Hall–Kier alpha value is -1.11. The fourth-order valence-corrected chi connectivity index (χ4v) is 3.01. The minimum Gasteiger partial charge on any atom is -0.454 e. The molecule has 1 aromatic carbocycles. The van der Waals surface area contributed by atoms with Crippen molar-refractivity contribution in [3.05, 3.63) is 28.8 Å². The van der Waals surface area contributed by atoms with Crippen LogP contribution in [0, 0.1) is 13.8 Å². The van der Waals surface area contributed by atoms with Crippen molar-refractivity contribution in [1.82, 2.24) is 0 Å². The van der Waals surface area contributed by atoms with Gasteiger partial charge in [-0.1, -0.05) is 6.07 Å². The fraction of sp³-hybridized carbons (Fsp3) is 0.417. The van der Waals surface area contributed by atoms with Gasteiger partial charge >= 0.3 is 5.97 Å². The van der Waals surface area contributed by atoms with Crippen molar-refractivity contribution in [2.75, 3.05) is 13.2 Å². The molecular weight excluding hydrogens is 292 g/mol. The van der Waals surface area contributed by atoms with Crippen LogP contribution >= 0.6 is 10.7 Å². The Bertz CT molecular complexity index is 619. The first-order valence-corrected chi connectivity index (χ1v) is 7.94. The summed E-state index contributed by atoms with van der Waals surface area (Å²) in [6.07, 6.45) is -0.260. The third kappa shape index (κ3) is 3.08. The monoisotopic (exact) mass is 304 g/mol. The van der Waals surface area contributed by atoms with Crippen LogP contribution in [0.1, 0.15) is 21.5 Å². The van der Waals surface area contributed by atoms with E-state index < -0.39 is 15.0 Å². The van der Waals surface area contributed by atoms with Gasteiger partial charge in [-0.25, -0.2) is 13.2 Å². The molecule has 0 aliphatic carbocycles. The molecule has 1 saturated heterocycles. The fourth-order valence-electron chi connectivity index (χ4n) is 1.81. The van der Waals surface area contributed by atoms with Gasteiger partial charge in [0.2, 0.25) is 0 Å². The summed E-state index contributed by atoms with van der Waals surface area (Å²) in [7, 11) is 1.45. The van der Waals surface area contributed by atoms with Gasteiger partial charge in [-0.05, 0) is 31.0 Å². The molecule has 0 saturated carbocycles. The first-order chi connectivity index (χ1) is 8.79. The molecule has 1 aliphatic rings. The van der Waals surface area contributed by atoms with Crippen molar-refractivity contribution in [2.45, 2.75) is 24.8 Å². The lowest BCUT2D eigenvalue weighted by Crippen LogP contribution is -2.37. The van der Waals surface area contributed by atoms with E-state index in [0.29, 0.717) is 24.3 Å². The number of esters is 1. The molecule has 0 atom stereocenters. The van der Waals surface area contributed by atoms with Crippen LogP contribution in [0.25, 0.3) is 0 Å². The summed E-state index contributed by atoms with van der Waals surface area (Å²) in [5.41, 5.74) is 1.35. The molecule has 7 heteroatoms. The molecule has 1 fully saturated rings. The molecule has 1 aromatic rings. The Balaban J connectivity index is 2.36. The number of halogens is 1. The third-order valence-electron chi connectivity index (χ3n) is 2.89. The Morgan fingerprint density at radius 3 is 2.42 bits per heavy atom. The van der Waals surface area contributed by atoms with Crippen LogP contribution in [0.15, 0.2) is 17.0 Å². The van der Waals surface area contributed by atoms with E-state index in [1.54, 1.807) is 19.9 Å². The molecule has 0 aromatic heterocycles. The van der Waals surface area contributed by atoms with Crippen LogP contribution in [0.5, 0.6) is 0 Å². The SMILES string of the molecule is Cc1cc(C)c(S(=O)(=O)Cl)cc1C(=O)OC1COC1. The van der Waals surface area contributed by atoms with Crippen LogP contribution in [-0.2, 0) is 18.5 Å². The van der Waals surface area contributed by atoms with Gasteiger partial charge in [0.1, 0.15) is 6.10 Å². The van der Waals surface area contributed by atoms with Crippen molar-refractivity contribution in [3.8, 4) is 0 Å². The van der Waals surface area contributed by atoms with Gasteiger partial charge in [0.05, 0.1) is 23.7 Å². The van der Waals surface area contributed by atoms with E-state index in [0.717, 1.165) is 0 Å². The Morgan fingerprint density at radius 1 is 1.32 bits per heavy atom. The number of benzene rings is 1. The summed E-state index contributed by atoms with van der Waals surface area (Å²) in [6, 6.07) is 2.86. The van der Waals surface area contributed by atoms with Crippen LogP contribution in [0.4, 0.5) is 0 Å². The van der Waals surface area contributed by atoms with Gasteiger partial charge in [-0.3, -0.25) is 0 Å². The minimum atomic E-state index is -3.89. The van der Waals surface area contributed by atoms with Crippen LogP contribution in [-0.4, -0.2) is 33.7 Å². The van der Waals surface area contributed by atoms with E-state index in [1.165, 1.54) is 6.07 Å². The Morgan fingerprint density at radius 2 is 1.95 bits per heavy atom. The number of hydrogen-bond donors (Lipinski definition) is 0. The average molecular weight is 305 g/mol. The van der Waals surface area contributed by atoms with Gasteiger partial charge in [-0.15, -0.1) is 0 Å². The number of aryl methyl sites for hydroxylation is 2. The molecule has 0 spiro atoms. The van der Waals surface area contributed by atoms with Crippen molar-refractivity contribution in [2.24, 2.45) is 0 Å². The minimum absolute atomic E-state index is 0.0726. The van der Waals surface area contributed by atoms with E-state index >= 15 is 0 Å². The maximum Gasteiger partial charge on any atom is 0.338 e. The zero-order valence-electron chi connectivity index (χ0n) is 10.5. The van der Waals surface area contributed by atoms with Gasteiger partial charge in [-0.2, -0.15) is 0 Å². The summed E-state index contributed by atoms with van der Waals surface area (Å²) in [5, 5.41) is 0. The number of carbonyl (C=O) groups is 1. The molecule has 2 rings (SSSR count). The Kier molecular flexibility index (Phi) is 3.85. The zero-order valence-corrected chi connectivity index (χ0v) is 12.0. The lowest BCUT2D eigenvalue weighted by Gasteiger charge is -2.26. The standard InChI is InChI=1S/C12H13ClO5S/c1-7-3-8(2)11(19(13,15)16)4-10(7)12(14)18-9-5-17-6-9/h3-4,9H,5-6H2,1-2H3. The predicted octanol–water partition coefficient (Wildman–Crippen LogP) is 1.79. The van der Waals surface area contributed by atoms with Crippen LogP contribution in [0.3, 0.4) is 0 Å². The van der Waals surface area contributed by atoms with Crippen molar-refractivity contribution < 1.29 is 22.7 Å². The highest BCUT2D eigenvalue weighted by molar-refractivity contribution is 8.13. The predicted molar refractivity (Wildman–Crippen MR) is 69.0 cm³/mol. The van der Waals surface area contributed by atoms with Crippen LogP contribution in [0.2, 0.25) is 0 Å². The van der Waals surface area contributed by atoms with E-state index in [2.05, 4.69) is 0 Å². The second-order valence-electron chi connectivity index (χ2n) is 4.44. The normalized spacial score (nSPS) is 15.9. The van der Waals surface area contributed by atoms with Gasteiger partial charge < -0.3 is 9.47 Å². The number of carbonyl (C=O) groups excluding carboxylic acids is 1. The molecule has 0 radical (unpaired) electrons. The van der Waals surface area contributed by atoms with E-state index in [-0.39, 0.29) is 16.6 Å². The number of ether oxygens (including phenoxy) is 2. The van der Waals surface area contributed by atoms with Crippen molar-refractivity contribution >= 4 is 25.7 Å². The smallest absolute Gasteiger partial charge is 0.338 e. The van der Waals surface area contributed by atoms with E-state index in [1.807, 2.05) is 0 Å². The molecule has 104 valence electrons. The number of hydrogen-bond acceptors (Lipinski definition) is 5. The maximum atomic E-state index is 11.9. The Labute approximate surface area is 115 Å². The summed E-state index contributed by atoms with van der Waals surface area (Å²) < 4.78 is 32.9. The second-order valence-corrected chi connectivity index (χ2v) is 6.97. The van der Waals surface area contributed by atoms with Crippen molar-refractivity contribution in [1.29, 1.82) is 0 Å². The molecule has 19 heavy (non-hydrogen) atoms. The lowest BCUT2D eigenvalue weighted by molar-refractivity contribution is -0.103. The van der Waals surface area contributed by atoms with E-state index in [4.69, 9.17) is 20.2 Å². The highest BCUT2D eigenvalue weighted by atomic mass is 35.7. The molecule has 0 N–H and O–H groups in total. The second kappa shape index (κ2) is 5.11.